The third-order valence-electron chi connectivity index (χ3n) is 1.62. The molecule has 0 bridgehead atoms. The van der Waals surface area contributed by atoms with Crippen molar-refractivity contribution >= 4 is 35.7 Å². The molecule has 18 heavy (non-hydrogen) atoms. The van der Waals surface area contributed by atoms with Gasteiger partial charge in [0.1, 0.15) is 0 Å². The van der Waals surface area contributed by atoms with Gasteiger partial charge in [-0.15, -0.1) is 16.4 Å². The first kappa shape index (κ1) is 13.6. The molecule has 1 rings (SSSR count). The van der Waals surface area contributed by atoms with E-state index in [0.717, 1.165) is 9.75 Å². The number of nitrogens with one attached hydrogen (secondary N) is 1. The average molecular weight is 266 g/mol. The molecule has 1 aromatic heterocycles. The van der Waals surface area contributed by atoms with Crippen molar-refractivity contribution in [1.82, 2.24) is 5.43 Å². The van der Waals surface area contributed by atoms with Gasteiger partial charge < -0.3 is 17.2 Å². The quantitative estimate of drug-likeness (QED) is 0.322. The van der Waals surface area contributed by atoms with Gasteiger partial charge in [-0.2, -0.15) is 10.2 Å². The molecule has 0 amide bonds. The van der Waals surface area contributed by atoms with Crippen LogP contribution >= 0.6 is 11.3 Å². The third kappa shape index (κ3) is 5.07. The van der Waals surface area contributed by atoms with Crippen LogP contribution in [0.2, 0.25) is 0 Å². The molecule has 8 nitrogen and oxygen atoms in total. The lowest BCUT2D eigenvalue weighted by Gasteiger charge is -1.94. The SMILES string of the molecule is CN=C(N)N/N=C/c1ccc(/C=N/N=C(N)N)s1. The van der Waals surface area contributed by atoms with Crippen molar-refractivity contribution in [2.75, 3.05) is 7.05 Å². The number of guanidine groups is 2. The number of nitrogens with two attached hydrogens (primary N) is 3. The highest BCUT2D eigenvalue weighted by molar-refractivity contribution is 7.15. The van der Waals surface area contributed by atoms with E-state index in [-0.39, 0.29) is 11.9 Å². The highest BCUT2D eigenvalue weighted by Crippen LogP contribution is 2.12. The van der Waals surface area contributed by atoms with Gasteiger partial charge in [-0.1, -0.05) is 0 Å². The van der Waals surface area contributed by atoms with Crippen molar-refractivity contribution in [3.8, 4) is 0 Å². The van der Waals surface area contributed by atoms with Crippen molar-refractivity contribution in [3.05, 3.63) is 21.9 Å². The molecule has 9 heteroatoms. The van der Waals surface area contributed by atoms with Crippen LogP contribution in [0.3, 0.4) is 0 Å². The van der Waals surface area contributed by atoms with E-state index in [0.29, 0.717) is 0 Å². The molecule has 0 aliphatic rings. The molecule has 0 radical (unpaired) electrons. The van der Waals surface area contributed by atoms with Gasteiger partial charge in [0.15, 0.2) is 0 Å². The molecule has 0 saturated heterocycles. The maximum atomic E-state index is 5.41. The Labute approximate surface area is 108 Å². The fraction of sp³-hybridized carbons (Fsp3) is 0.111. The Morgan fingerprint density at radius 1 is 1.22 bits per heavy atom. The number of aliphatic imine (C=N–C) groups is 1. The van der Waals surface area contributed by atoms with E-state index < -0.39 is 0 Å². The summed E-state index contributed by atoms with van der Waals surface area (Å²) in [7, 11) is 1.57. The first-order valence-electron chi connectivity index (χ1n) is 4.85. The lowest BCUT2D eigenvalue weighted by molar-refractivity contribution is 1.01. The highest BCUT2D eigenvalue weighted by Gasteiger charge is 1.94. The standard InChI is InChI=1S/C9H14N8S/c1-13-9(12)17-15-5-7-3-2-6(18-7)4-14-16-8(10)11/h2-5H,1H3,(H4,10,11,16)(H3,12,13,17)/b14-4+,15-5+. The van der Waals surface area contributed by atoms with E-state index >= 15 is 0 Å². The molecule has 0 spiro atoms. The van der Waals surface area contributed by atoms with Gasteiger partial charge in [0.2, 0.25) is 11.9 Å². The van der Waals surface area contributed by atoms with E-state index in [1.54, 1.807) is 19.5 Å². The normalized spacial score (nSPS) is 12.2. The van der Waals surface area contributed by atoms with Crippen LogP contribution in [0.1, 0.15) is 9.75 Å². The first-order chi connectivity index (χ1) is 8.61. The molecule has 1 aromatic rings. The summed E-state index contributed by atoms with van der Waals surface area (Å²) >= 11 is 1.47. The zero-order valence-corrected chi connectivity index (χ0v) is 10.6. The summed E-state index contributed by atoms with van der Waals surface area (Å²) < 4.78 is 0. The molecule has 1 heterocycles. The van der Waals surface area contributed by atoms with Crippen LogP contribution in [0.4, 0.5) is 0 Å². The van der Waals surface area contributed by atoms with Gasteiger partial charge in [0.25, 0.3) is 0 Å². The van der Waals surface area contributed by atoms with Gasteiger partial charge in [-0.05, 0) is 12.1 Å². The first-order valence-corrected chi connectivity index (χ1v) is 5.66. The summed E-state index contributed by atoms with van der Waals surface area (Å²) in [6.45, 7) is 0. The minimum Gasteiger partial charge on any atom is -0.369 e. The molecular formula is C9H14N8S. The molecule has 0 saturated carbocycles. The molecule has 0 atom stereocenters. The van der Waals surface area contributed by atoms with E-state index in [4.69, 9.17) is 17.2 Å². The van der Waals surface area contributed by atoms with Crippen LogP contribution in [0.15, 0.2) is 32.4 Å². The van der Waals surface area contributed by atoms with Crippen LogP contribution in [0.5, 0.6) is 0 Å². The number of thiophene rings is 1. The molecule has 0 unspecified atom stereocenters. The lowest BCUT2D eigenvalue weighted by atomic mass is 10.4. The van der Waals surface area contributed by atoms with Crippen molar-refractivity contribution in [2.24, 2.45) is 37.5 Å². The Kier molecular flexibility index (Phi) is 5.32. The predicted octanol–water partition coefficient (Wildman–Crippen LogP) is -0.777. The monoisotopic (exact) mass is 266 g/mol. The van der Waals surface area contributed by atoms with Gasteiger partial charge in [0.05, 0.1) is 12.4 Å². The van der Waals surface area contributed by atoms with Crippen LogP contribution < -0.4 is 22.6 Å². The molecule has 0 aliphatic heterocycles. The Morgan fingerprint density at radius 3 is 2.50 bits per heavy atom. The van der Waals surface area contributed by atoms with Gasteiger partial charge in [-0.3, -0.25) is 4.99 Å². The summed E-state index contributed by atoms with van der Waals surface area (Å²) in [6.07, 6.45) is 3.18. The third-order valence-corrected chi connectivity index (χ3v) is 2.57. The van der Waals surface area contributed by atoms with Crippen molar-refractivity contribution in [1.29, 1.82) is 0 Å². The molecule has 0 fully saturated rings. The fourth-order valence-corrected chi connectivity index (χ4v) is 1.62. The van der Waals surface area contributed by atoms with Crippen molar-refractivity contribution < 1.29 is 0 Å². The summed E-state index contributed by atoms with van der Waals surface area (Å²) in [5.41, 5.74) is 18.2. The number of rotatable bonds is 4. The van der Waals surface area contributed by atoms with Gasteiger partial charge in [-0.25, -0.2) is 5.43 Å². The largest absolute Gasteiger partial charge is 0.369 e. The maximum absolute atomic E-state index is 5.41. The Hall–Kier alpha value is -2.42. The number of nitrogens with zero attached hydrogens (tertiary/aromatic N) is 4. The minimum absolute atomic E-state index is 0.0804. The second-order valence-electron chi connectivity index (χ2n) is 2.99. The zero-order valence-electron chi connectivity index (χ0n) is 9.74. The Morgan fingerprint density at radius 2 is 1.89 bits per heavy atom. The molecule has 7 N–H and O–H groups in total. The smallest absolute Gasteiger partial charge is 0.211 e. The summed E-state index contributed by atoms with van der Waals surface area (Å²) in [5.74, 6) is 0.167. The summed E-state index contributed by atoms with van der Waals surface area (Å²) in [6, 6.07) is 3.75. The van der Waals surface area contributed by atoms with Crippen LogP contribution in [0.25, 0.3) is 0 Å². The van der Waals surface area contributed by atoms with E-state index in [2.05, 4.69) is 25.7 Å². The van der Waals surface area contributed by atoms with Crippen LogP contribution in [-0.2, 0) is 0 Å². The van der Waals surface area contributed by atoms with Crippen molar-refractivity contribution in [2.45, 2.75) is 0 Å². The lowest BCUT2D eigenvalue weighted by Crippen LogP contribution is -2.26. The average Bonchev–Trinajstić information content (AvgIpc) is 2.76. The van der Waals surface area contributed by atoms with E-state index in [9.17, 15) is 0 Å². The topological polar surface area (TPSA) is 140 Å². The second-order valence-corrected chi connectivity index (χ2v) is 4.14. The predicted molar refractivity (Wildman–Crippen MR) is 76.0 cm³/mol. The second kappa shape index (κ2) is 7.01. The number of hydrogen-bond donors (Lipinski definition) is 4. The maximum Gasteiger partial charge on any atom is 0.211 e. The van der Waals surface area contributed by atoms with Crippen LogP contribution in [-0.4, -0.2) is 31.4 Å². The fourth-order valence-electron chi connectivity index (χ4n) is 0.872. The molecule has 0 aliphatic carbocycles. The number of hydrogen-bond acceptors (Lipinski definition) is 5. The van der Waals surface area contributed by atoms with E-state index in [1.165, 1.54) is 11.3 Å². The van der Waals surface area contributed by atoms with E-state index in [1.807, 2.05) is 12.1 Å². The Bertz CT molecular complexity index is 494. The van der Waals surface area contributed by atoms with Gasteiger partial charge in [0, 0.05) is 16.8 Å². The molecular weight excluding hydrogens is 252 g/mol. The molecule has 0 aromatic carbocycles. The molecule has 96 valence electrons. The number of hydrazone groups is 1. The zero-order chi connectivity index (χ0) is 13.4. The minimum atomic E-state index is -0.0804. The summed E-state index contributed by atoms with van der Waals surface area (Å²) in [4.78, 5) is 5.53. The van der Waals surface area contributed by atoms with Crippen molar-refractivity contribution in [3.63, 3.8) is 0 Å². The Balaban J connectivity index is 2.58. The van der Waals surface area contributed by atoms with Crippen LogP contribution in [0, 0.1) is 0 Å². The summed E-state index contributed by atoms with van der Waals surface area (Å²) in [5, 5.41) is 11.1. The highest BCUT2D eigenvalue weighted by atomic mass is 32.1. The van der Waals surface area contributed by atoms with Gasteiger partial charge >= 0.3 is 0 Å².